The highest BCUT2D eigenvalue weighted by molar-refractivity contribution is 5.75. The van der Waals surface area contributed by atoms with Crippen LogP contribution in [0.2, 0.25) is 0 Å². The third kappa shape index (κ3) is 5.68. The molecule has 0 bridgehead atoms. The van der Waals surface area contributed by atoms with Crippen molar-refractivity contribution >= 4 is 6.03 Å². The first-order chi connectivity index (χ1) is 10.0. The first-order valence-corrected chi connectivity index (χ1v) is 7.87. The topological polar surface area (TPSA) is 52.6 Å². The lowest BCUT2D eigenvalue weighted by atomic mass is 9.82. The summed E-state index contributed by atoms with van der Waals surface area (Å²) in [4.78, 5) is 14.2. The van der Waals surface area contributed by atoms with Crippen molar-refractivity contribution in [1.29, 1.82) is 0 Å². The van der Waals surface area contributed by atoms with Crippen LogP contribution in [0, 0.1) is 5.41 Å². The van der Waals surface area contributed by atoms with Gasteiger partial charge >= 0.3 is 6.03 Å². The molecule has 22 heavy (non-hydrogen) atoms. The Hall–Kier alpha value is -1.55. The Balaban J connectivity index is 2.93. The molecule has 1 aromatic rings. The van der Waals surface area contributed by atoms with E-state index in [4.69, 9.17) is 0 Å². The molecular formula is C18H30N2O2. The number of hydrogen-bond donors (Lipinski definition) is 2. The van der Waals surface area contributed by atoms with E-state index in [2.05, 4.69) is 26.1 Å². The Morgan fingerprint density at radius 2 is 1.73 bits per heavy atom. The molecule has 0 saturated carbocycles. The number of aliphatic hydroxyl groups is 1. The average Bonchev–Trinajstić information content (AvgIpc) is 2.40. The number of urea groups is 1. The molecule has 4 heteroatoms. The van der Waals surface area contributed by atoms with Gasteiger partial charge in [0.15, 0.2) is 0 Å². The van der Waals surface area contributed by atoms with E-state index in [0.717, 1.165) is 5.56 Å². The zero-order valence-corrected chi connectivity index (χ0v) is 14.7. The van der Waals surface area contributed by atoms with Crippen LogP contribution in [-0.2, 0) is 0 Å². The molecule has 1 unspecified atom stereocenters. The highest BCUT2D eigenvalue weighted by Gasteiger charge is 2.30. The maximum absolute atomic E-state index is 12.6. The van der Waals surface area contributed by atoms with Crippen LogP contribution in [-0.4, -0.2) is 34.7 Å². The summed E-state index contributed by atoms with van der Waals surface area (Å²) in [5.41, 5.74) is 0.0744. The Kier molecular flexibility index (Phi) is 6.00. The number of hydrogen-bond acceptors (Lipinski definition) is 2. The zero-order valence-electron chi connectivity index (χ0n) is 14.7. The minimum Gasteiger partial charge on any atom is -0.389 e. The van der Waals surface area contributed by atoms with Gasteiger partial charge in [0.05, 0.1) is 18.2 Å². The molecule has 0 saturated heterocycles. The van der Waals surface area contributed by atoms with Gasteiger partial charge in [0.2, 0.25) is 0 Å². The van der Waals surface area contributed by atoms with Crippen molar-refractivity contribution in [3.63, 3.8) is 0 Å². The number of carbonyl (C=O) groups excluding carboxylic acids is 1. The number of amides is 2. The Morgan fingerprint density at radius 3 is 2.14 bits per heavy atom. The minimum absolute atomic E-state index is 0.0861. The van der Waals surface area contributed by atoms with Gasteiger partial charge in [0.25, 0.3) is 0 Å². The van der Waals surface area contributed by atoms with Crippen molar-refractivity contribution in [1.82, 2.24) is 10.2 Å². The number of rotatable bonds is 5. The van der Waals surface area contributed by atoms with Crippen LogP contribution >= 0.6 is 0 Å². The lowest BCUT2D eigenvalue weighted by Gasteiger charge is -2.35. The minimum atomic E-state index is -0.905. The van der Waals surface area contributed by atoms with E-state index in [9.17, 15) is 9.90 Å². The molecule has 0 aliphatic rings. The summed E-state index contributed by atoms with van der Waals surface area (Å²) in [5.74, 6) is 0. The van der Waals surface area contributed by atoms with Gasteiger partial charge in [-0.15, -0.1) is 0 Å². The highest BCUT2D eigenvalue weighted by Crippen LogP contribution is 2.32. The second kappa shape index (κ2) is 7.14. The smallest absolute Gasteiger partial charge is 0.317 e. The van der Waals surface area contributed by atoms with Gasteiger partial charge in [-0.3, -0.25) is 0 Å². The molecule has 1 rings (SSSR count). The van der Waals surface area contributed by atoms with Crippen molar-refractivity contribution in [3.8, 4) is 0 Å². The standard InChI is InChI=1S/C18H30N2O2/c1-7-20(13-18(5,6)22)16(21)19-15(17(2,3)4)14-11-9-8-10-12-14/h8-12,15,22H,7,13H2,1-6H3,(H,19,21). The molecule has 0 spiro atoms. The van der Waals surface area contributed by atoms with Crippen molar-refractivity contribution in [3.05, 3.63) is 35.9 Å². The summed E-state index contributed by atoms with van der Waals surface area (Å²) >= 11 is 0. The third-order valence-corrected chi connectivity index (χ3v) is 3.51. The highest BCUT2D eigenvalue weighted by atomic mass is 16.3. The number of carbonyl (C=O) groups is 1. The molecule has 1 atom stereocenters. The van der Waals surface area contributed by atoms with Gasteiger partial charge < -0.3 is 15.3 Å². The second-order valence-corrected chi connectivity index (χ2v) is 7.49. The lowest BCUT2D eigenvalue weighted by Crippen LogP contribution is -2.49. The van der Waals surface area contributed by atoms with Crippen LogP contribution in [0.25, 0.3) is 0 Å². The SMILES string of the molecule is CCN(CC(C)(C)O)C(=O)NC(c1ccccc1)C(C)(C)C. The van der Waals surface area contributed by atoms with E-state index in [1.807, 2.05) is 37.3 Å². The van der Waals surface area contributed by atoms with Crippen LogP contribution in [0.3, 0.4) is 0 Å². The van der Waals surface area contributed by atoms with Gasteiger partial charge in [-0.1, -0.05) is 51.1 Å². The fourth-order valence-corrected chi connectivity index (χ4v) is 2.45. The summed E-state index contributed by atoms with van der Waals surface area (Å²) in [7, 11) is 0. The number of benzene rings is 1. The van der Waals surface area contributed by atoms with E-state index >= 15 is 0 Å². The van der Waals surface area contributed by atoms with E-state index in [-0.39, 0.29) is 17.5 Å². The first-order valence-electron chi connectivity index (χ1n) is 7.87. The molecule has 0 aliphatic carbocycles. The van der Waals surface area contributed by atoms with E-state index in [0.29, 0.717) is 13.1 Å². The van der Waals surface area contributed by atoms with Crippen LogP contribution < -0.4 is 5.32 Å². The van der Waals surface area contributed by atoms with Crippen LogP contribution in [0.5, 0.6) is 0 Å². The Bertz CT molecular complexity index is 472. The van der Waals surface area contributed by atoms with Crippen molar-refractivity contribution < 1.29 is 9.90 Å². The van der Waals surface area contributed by atoms with Crippen LogP contribution in [0.1, 0.15) is 53.1 Å². The number of likely N-dealkylation sites (N-methyl/N-ethyl adjacent to an activating group) is 1. The monoisotopic (exact) mass is 306 g/mol. The largest absolute Gasteiger partial charge is 0.389 e. The predicted molar refractivity (Wildman–Crippen MR) is 90.7 cm³/mol. The van der Waals surface area contributed by atoms with E-state index in [1.165, 1.54) is 0 Å². The molecule has 4 nitrogen and oxygen atoms in total. The average molecular weight is 306 g/mol. The molecule has 2 N–H and O–H groups in total. The number of nitrogens with zero attached hydrogens (tertiary/aromatic N) is 1. The maximum atomic E-state index is 12.6. The van der Waals surface area contributed by atoms with Crippen molar-refractivity contribution in [2.24, 2.45) is 5.41 Å². The van der Waals surface area contributed by atoms with Gasteiger partial charge in [-0.05, 0) is 31.7 Å². The fourth-order valence-electron chi connectivity index (χ4n) is 2.45. The molecule has 0 radical (unpaired) electrons. The molecule has 0 heterocycles. The molecule has 124 valence electrons. The quantitative estimate of drug-likeness (QED) is 0.873. The van der Waals surface area contributed by atoms with Crippen LogP contribution in [0.4, 0.5) is 4.79 Å². The molecule has 0 fully saturated rings. The predicted octanol–water partition coefficient (Wildman–Crippen LogP) is 3.58. The van der Waals surface area contributed by atoms with Crippen molar-refractivity contribution in [2.45, 2.75) is 53.2 Å². The van der Waals surface area contributed by atoms with Crippen molar-refractivity contribution in [2.75, 3.05) is 13.1 Å². The Labute approximate surface area is 134 Å². The summed E-state index contributed by atoms with van der Waals surface area (Å²) < 4.78 is 0. The van der Waals surface area contributed by atoms with Gasteiger partial charge in [-0.25, -0.2) is 4.79 Å². The van der Waals surface area contributed by atoms with E-state index < -0.39 is 5.60 Å². The summed E-state index contributed by atoms with van der Waals surface area (Å²) in [6, 6.07) is 9.76. The lowest BCUT2D eigenvalue weighted by molar-refractivity contribution is 0.0467. The maximum Gasteiger partial charge on any atom is 0.317 e. The molecular weight excluding hydrogens is 276 g/mol. The fraction of sp³-hybridized carbons (Fsp3) is 0.611. The van der Waals surface area contributed by atoms with Crippen LogP contribution in [0.15, 0.2) is 30.3 Å². The molecule has 1 aromatic carbocycles. The zero-order chi connectivity index (χ0) is 17.0. The summed E-state index contributed by atoms with van der Waals surface area (Å²) in [6.07, 6.45) is 0. The summed E-state index contributed by atoms with van der Waals surface area (Å²) in [5, 5.41) is 13.1. The van der Waals surface area contributed by atoms with Gasteiger partial charge in [0, 0.05) is 6.54 Å². The van der Waals surface area contributed by atoms with E-state index in [1.54, 1.807) is 18.7 Å². The molecule has 2 amide bonds. The Morgan fingerprint density at radius 1 is 1.18 bits per heavy atom. The molecule has 0 aliphatic heterocycles. The first kappa shape index (κ1) is 18.5. The van der Waals surface area contributed by atoms with Gasteiger partial charge in [0.1, 0.15) is 0 Å². The second-order valence-electron chi connectivity index (χ2n) is 7.49. The number of nitrogens with one attached hydrogen (secondary N) is 1. The normalized spacial score (nSPS) is 13.6. The van der Waals surface area contributed by atoms with Gasteiger partial charge in [-0.2, -0.15) is 0 Å². The summed E-state index contributed by atoms with van der Waals surface area (Å²) in [6.45, 7) is 12.5. The third-order valence-electron chi connectivity index (χ3n) is 3.51. The molecule has 0 aromatic heterocycles.